The Balaban J connectivity index is 1.45. The molecule has 23 heavy (non-hydrogen) atoms. The van der Waals surface area contributed by atoms with Crippen LogP contribution in [-0.2, 0) is 9.47 Å². The summed E-state index contributed by atoms with van der Waals surface area (Å²) in [6, 6.07) is 3.74. The van der Waals surface area contributed by atoms with Gasteiger partial charge in [-0.2, -0.15) is 0 Å². The number of hydrogen-bond acceptors (Lipinski definition) is 6. The molecule has 0 saturated carbocycles. The number of carbonyl (C=O) groups excluding carboxylic acids is 1. The van der Waals surface area contributed by atoms with Crippen LogP contribution in [0.5, 0.6) is 0 Å². The molecule has 0 aromatic carbocycles. The topological polar surface area (TPSA) is 66.9 Å². The zero-order chi connectivity index (χ0) is 15.9. The van der Waals surface area contributed by atoms with E-state index in [-0.39, 0.29) is 5.91 Å². The van der Waals surface area contributed by atoms with Crippen molar-refractivity contribution in [3.63, 3.8) is 0 Å². The summed E-state index contributed by atoms with van der Waals surface area (Å²) in [5, 5.41) is 2.93. The minimum absolute atomic E-state index is 0.119. The normalized spacial score (nSPS) is 19.6. The fraction of sp³-hybridized carbons (Fsp3) is 0.625. The fourth-order valence-corrected chi connectivity index (χ4v) is 2.77. The molecule has 0 spiro atoms. The lowest BCUT2D eigenvalue weighted by Crippen LogP contribution is -2.41. The lowest BCUT2D eigenvalue weighted by Gasteiger charge is -2.28. The van der Waals surface area contributed by atoms with Crippen LogP contribution in [-0.4, -0.2) is 81.5 Å². The maximum atomic E-state index is 12.1. The molecule has 0 aliphatic carbocycles. The van der Waals surface area contributed by atoms with Crippen LogP contribution in [0.4, 0.5) is 5.69 Å². The van der Waals surface area contributed by atoms with E-state index in [9.17, 15) is 4.79 Å². The predicted octanol–water partition coefficient (Wildman–Crippen LogP) is -0.0198. The van der Waals surface area contributed by atoms with E-state index < -0.39 is 0 Å². The SMILES string of the molecule is O=C(NCCN1CCOCC1)c1ccc(N2CCOCC2)cn1. The van der Waals surface area contributed by atoms with Crippen molar-refractivity contribution in [1.82, 2.24) is 15.2 Å². The highest BCUT2D eigenvalue weighted by Gasteiger charge is 2.14. The van der Waals surface area contributed by atoms with Crippen molar-refractivity contribution in [1.29, 1.82) is 0 Å². The summed E-state index contributed by atoms with van der Waals surface area (Å²) in [4.78, 5) is 20.9. The molecule has 7 heteroatoms. The van der Waals surface area contributed by atoms with Gasteiger partial charge in [-0.3, -0.25) is 9.69 Å². The van der Waals surface area contributed by atoms with Gasteiger partial charge >= 0.3 is 0 Å². The Bertz CT molecular complexity index is 497. The lowest BCUT2D eigenvalue weighted by atomic mass is 10.3. The molecule has 1 aromatic rings. The summed E-state index contributed by atoms with van der Waals surface area (Å²) in [5.41, 5.74) is 1.50. The van der Waals surface area contributed by atoms with E-state index in [1.54, 1.807) is 12.3 Å². The number of pyridine rings is 1. The van der Waals surface area contributed by atoms with E-state index in [2.05, 4.69) is 20.1 Å². The van der Waals surface area contributed by atoms with Crippen molar-refractivity contribution >= 4 is 11.6 Å². The molecule has 7 nitrogen and oxygen atoms in total. The number of amides is 1. The summed E-state index contributed by atoms with van der Waals surface area (Å²) < 4.78 is 10.6. The summed E-state index contributed by atoms with van der Waals surface area (Å²) in [5.74, 6) is -0.119. The Morgan fingerprint density at radius 2 is 1.78 bits per heavy atom. The summed E-state index contributed by atoms with van der Waals surface area (Å²) in [6.07, 6.45) is 1.77. The van der Waals surface area contributed by atoms with Gasteiger partial charge in [-0.05, 0) is 12.1 Å². The number of morpholine rings is 2. The third kappa shape index (κ3) is 4.63. The zero-order valence-electron chi connectivity index (χ0n) is 13.4. The third-order valence-corrected chi connectivity index (χ3v) is 4.17. The number of hydrogen-bond donors (Lipinski definition) is 1. The maximum Gasteiger partial charge on any atom is 0.269 e. The average Bonchev–Trinajstić information content (AvgIpc) is 2.63. The van der Waals surface area contributed by atoms with Crippen LogP contribution in [0.1, 0.15) is 10.5 Å². The number of rotatable bonds is 5. The predicted molar refractivity (Wildman–Crippen MR) is 86.9 cm³/mol. The van der Waals surface area contributed by atoms with Crippen LogP contribution in [0.2, 0.25) is 0 Å². The first kappa shape index (κ1) is 16.2. The number of nitrogens with one attached hydrogen (secondary N) is 1. The van der Waals surface area contributed by atoms with Gasteiger partial charge in [0, 0.05) is 39.3 Å². The van der Waals surface area contributed by atoms with Crippen LogP contribution in [0.15, 0.2) is 18.3 Å². The number of ether oxygens (including phenoxy) is 2. The van der Waals surface area contributed by atoms with E-state index >= 15 is 0 Å². The fourth-order valence-electron chi connectivity index (χ4n) is 2.77. The van der Waals surface area contributed by atoms with Crippen LogP contribution in [0.25, 0.3) is 0 Å². The molecule has 0 atom stereocenters. The molecule has 0 radical (unpaired) electrons. The Morgan fingerprint density at radius 3 is 2.43 bits per heavy atom. The number of nitrogens with zero attached hydrogens (tertiary/aromatic N) is 3. The van der Waals surface area contributed by atoms with Crippen molar-refractivity contribution in [3.05, 3.63) is 24.0 Å². The second-order valence-electron chi connectivity index (χ2n) is 5.71. The third-order valence-electron chi connectivity index (χ3n) is 4.17. The smallest absolute Gasteiger partial charge is 0.269 e. The summed E-state index contributed by atoms with van der Waals surface area (Å²) in [6.45, 7) is 8.11. The Morgan fingerprint density at radius 1 is 1.09 bits per heavy atom. The van der Waals surface area contributed by atoms with E-state index in [0.717, 1.165) is 64.8 Å². The van der Waals surface area contributed by atoms with Crippen molar-refractivity contribution in [2.45, 2.75) is 0 Å². The quantitative estimate of drug-likeness (QED) is 0.822. The van der Waals surface area contributed by atoms with Gasteiger partial charge in [0.05, 0.1) is 38.3 Å². The Kier molecular flexibility index (Phi) is 5.79. The molecule has 1 amide bonds. The Hall–Kier alpha value is -1.70. The summed E-state index contributed by atoms with van der Waals surface area (Å²) in [7, 11) is 0. The number of anilines is 1. The molecule has 1 N–H and O–H groups in total. The molecular formula is C16H24N4O3. The van der Waals surface area contributed by atoms with Gasteiger partial charge in [0.2, 0.25) is 0 Å². The monoisotopic (exact) mass is 320 g/mol. The summed E-state index contributed by atoms with van der Waals surface area (Å²) >= 11 is 0. The maximum absolute atomic E-state index is 12.1. The minimum atomic E-state index is -0.119. The largest absolute Gasteiger partial charge is 0.379 e. The molecular weight excluding hydrogens is 296 g/mol. The van der Waals surface area contributed by atoms with Gasteiger partial charge in [0.15, 0.2) is 0 Å². The molecule has 2 aliphatic rings. The van der Waals surface area contributed by atoms with Crippen molar-refractivity contribution in [2.24, 2.45) is 0 Å². The van der Waals surface area contributed by atoms with E-state index in [1.165, 1.54) is 0 Å². The van der Waals surface area contributed by atoms with Crippen molar-refractivity contribution < 1.29 is 14.3 Å². The highest BCUT2D eigenvalue weighted by Crippen LogP contribution is 2.14. The molecule has 1 aromatic heterocycles. The van der Waals surface area contributed by atoms with E-state index in [4.69, 9.17) is 9.47 Å². The van der Waals surface area contributed by atoms with Gasteiger partial charge in [-0.15, -0.1) is 0 Å². The van der Waals surface area contributed by atoms with Gasteiger partial charge in [-0.25, -0.2) is 4.98 Å². The molecule has 0 unspecified atom stereocenters. The highest BCUT2D eigenvalue weighted by atomic mass is 16.5. The van der Waals surface area contributed by atoms with Crippen LogP contribution >= 0.6 is 0 Å². The molecule has 2 saturated heterocycles. The number of carbonyl (C=O) groups is 1. The first-order valence-electron chi connectivity index (χ1n) is 8.20. The first-order valence-corrected chi connectivity index (χ1v) is 8.20. The second kappa shape index (κ2) is 8.24. The second-order valence-corrected chi connectivity index (χ2v) is 5.71. The van der Waals surface area contributed by atoms with E-state index in [1.807, 2.05) is 6.07 Å². The molecule has 0 bridgehead atoms. The van der Waals surface area contributed by atoms with Gasteiger partial charge in [0.1, 0.15) is 5.69 Å². The Labute approximate surface area is 136 Å². The molecule has 2 fully saturated rings. The first-order chi connectivity index (χ1) is 11.3. The van der Waals surface area contributed by atoms with Crippen LogP contribution in [0, 0.1) is 0 Å². The van der Waals surface area contributed by atoms with Gasteiger partial charge < -0.3 is 19.7 Å². The van der Waals surface area contributed by atoms with Crippen molar-refractivity contribution in [3.8, 4) is 0 Å². The lowest BCUT2D eigenvalue weighted by molar-refractivity contribution is 0.0383. The minimum Gasteiger partial charge on any atom is -0.379 e. The molecule has 3 rings (SSSR count). The molecule has 126 valence electrons. The molecule has 2 aliphatic heterocycles. The highest BCUT2D eigenvalue weighted by molar-refractivity contribution is 5.92. The molecule has 3 heterocycles. The number of aromatic nitrogens is 1. The zero-order valence-corrected chi connectivity index (χ0v) is 13.4. The standard InChI is InChI=1S/C16H24N4O3/c21-16(17-3-4-19-5-9-22-10-6-19)15-2-1-14(13-18-15)20-7-11-23-12-8-20/h1-2,13H,3-12H2,(H,17,21). The van der Waals surface area contributed by atoms with Crippen molar-refractivity contribution in [2.75, 3.05) is 70.6 Å². The van der Waals surface area contributed by atoms with Crippen LogP contribution < -0.4 is 10.2 Å². The van der Waals surface area contributed by atoms with Gasteiger partial charge in [0.25, 0.3) is 5.91 Å². The van der Waals surface area contributed by atoms with Crippen LogP contribution in [0.3, 0.4) is 0 Å². The van der Waals surface area contributed by atoms with E-state index in [0.29, 0.717) is 12.2 Å². The average molecular weight is 320 g/mol. The van der Waals surface area contributed by atoms with Gasteiger partial charge in [-0.1, -0.05) is 0 Å².